The van der Waals surface area contributed by atoms with Gasteiger partial charge in [-0.1, -0.05) is 30.3 Å². The lowest BCUT2D eigenvalue weighted by Gasteiger charge is -2.11. The van der Waals surface area contributed by atoms with Crippen LogP contribution in [-0.2, 0) is 11.2 Å². The van der Waals surface area contributed by atoms with E-state index in [1.807, 2.05) is 38.1 Å². The molecule has 1 amide bonds. The lowest BCUT2D eigenvalue weighted by atomic mass is 10.1. The molecule has 0 aliphatic heterocycles. The van der Waals surface area contributed by atoms with E-state index in [-0.39, 0.29) is 17.9 Å². The molecular weight excluding hydrogens is 302 g/mol. The fourth-order valence-corrected chi connectivity index (χ4v) is 2.70. The number of para-hydroxylation sites is 2. The van der Waals surface area contributed by atoms with Crippen molar-refractivity contribution < 1.29 is 4.79 Å². The minimum absolute atomic E-state index is 0.0943. The smallest absolute Gasteiger partial charge is 0.258 e. The van der Waals surface area contributed by atoms with Crippen LogP contribution in [0.1, 0.15) is 23.4 Å². The normalized spacial score (nSPS) is 10.8. The molecule has 2 aromatic carbocycles. The number of benzene rings is 2. The van der Waals surface area contributed by atoms with Gasteiger partial charge in [-0.25, -0.2) is 4.98 Å². The van der Waals surface area contributed by atoms with E-state index in [1.165, 1.54) is 0 Å². The standard InChI is InChI=1S/C19H19N3O2/c1-12-6-5-7-13(2)18(12)22-17(23)11-10-16-20-15-9-4-3-8-14(15)19(24)21-16/h3-9H,10-11H2,1-2H3,(H,22,23)(H,20,21,24). The maximum absolute atomic E-state index is 12.2. The third-order valence-electron chi connectivity index (χ3n) is 4.00. The molecule has 0 bridgehead atoms. The summed E-state index contributed by atoms with van der Waals surface area (Å²) in [6, 6.07) is 13.1. The minimum atomic E-state index is -0.175. The lowest BCUT2D eigenvalue weighted by Crippen LogP contribution is -2.17. The van der Waals surface area contributed by atoms with Crippen LogP contribution < -0.4 is 10.9 Å². The number of aryl methyl sites for hydroxylation is 3. The van der Waals surface area contributed by atoms with Crippen molar-refractivity contribution in [3.63, 3.8) is 0 Å². The number of amides is 1. The van der Waals surface area contributed by atoms with Crippen molar-refractivity contribution in [3.8, 4) is 0 Å². The summed E-state index contributed by atoms with van der Waals surface area (Å²) in [7, 11) is 0. The molecule has 0 spiro atoms. The number of carbonyl (C=O) groups is 1. The maximum atomic E-state index is 12.2. The highest BCUT2D eigenvalue weighted by molar-refractivity contribution is 5.92. The maximum Gasteiger partial charge on any atom is 0.258 e. The quantitative estimate of drug-likeness (QED) is 0.775. The summed E-state index contributed by atoms with van der Waals surface area (Å²) in [5.41, 5.74) is 3.38. The van der Waals surface area contributed by atoms with Gasteiger partial charge in [0.15, 0.2) is 0 Å². The van der Waals surface area contributed by atoms with E-state index in [1.54, 1.807) is 18.2 Å². The highest BCUT2D eigenvalue weighted by Crippen LogP contribution is 2.19. The summed E-state index contributed by atoms with van der Waals surface area (Å²) in [5, 5.41) is 3.50. The SMILES string of the molecule is Cc1cccc(C)c1NC(=O)CCc1nc2ccccc2c(=O)[nH]1. The number of carbonyl (C=O) groups excluding carboxylic acids is 1. The van der Waals surface area contributed by atoms with Gasteiger partial charge in [0.25, 0.3) is 5.56 Å². The summed E-state index contributed by atoms with van der Waals surface area (Å²) in [6.07, 6.45) is 0.645. The molecule has 1 aromatic heterocycles. The third-order valence-corrected chi connectivity index (χ3v) is 4.00. The van der Waals surface area contributed by atoms with E-state index >= 15 is 0 Å². The number of hydrogen-bond donors (Lipinski definition) is 2. The molecule has 0 fully saturated rings. The van der Waals surface area contributed by atoms with Crippen LogP contribution in [-0.4, -0.2) is 15.9 Å². The van der Waals surface area contributed by atoms with Crippen molar-refractivity contribution in [2.75, 3.05) is 5.32 Å². The van der Waals surface area contributed by atoms with Gasteiger partial charge in [-0.05, 0) is 37.1 Å². The zero-order valence-electron chi connectivity index (χ0n) is 13.7. The van der Waals surface area contributed by atoms with E-state index in [9.17, 15) is 9.59 Å². The van der Waals surface area contributed by atoms with Crippen molar-refractivity contribution in [2.45, 2.75) is 26.7 Å². The lowest BCUT2D eigenvalue weighted by molar-refractivity contribution is -0.116. The first kappa shape index (κ1) is 15.9. The van der Waals surface area contributed by atoms with Gasteiger partial charge >= 0.3 is 0 Å². The van der Waals surface area contributed by atoms with Gasteiger partial charge in [0.1, 0.15) is 5.82 Å². The van der Waals surface area contributed by atoms with Crippen LogP contribution in [0.3, 0.4) is 0 Å². The Morgan fingerprint density at radius 2 is 1.79 bits per heavy atom. The zero-order chi connectivity index (χ0) is 17.1. The predicted octanol–water partition coefficient (Wildman–Crippen LogP) is 3.11. The average Bonchev–Trinajstić information content (AvgIpc) is 2.56. The van der Waals surface area contributed by atoms with E-state index in [2.05, 4.69) is 15.3 Å². The summed E-state index contributed by atoms with van der Waals surface area (Å²) < 4.78 is 0. The highest BCUT2D eigenvalue weighted by atomic mass is 16.1. The molecule has 1 heterocycles. The first-order valence-electron chi connectivity index (χ1n) is 7.88. The molecule has 0 radical (unpaired) electrons. The van der Waals surface area contributed by atoms with Crippen LogP contribution in [0.15, 0.2) is 47.3 Å². The molecule has 0 aliphatic rings. The Kier molecular flexibility index (Phi) is 4.42. The Hall–Kier alpha value is -2.95. The minimum Gasteiger partial charge on any atom is -0.326 e. The number of aromatic nitrogens is 2. The Bertz CT molecular complexity index is 940. The molecule has 0 unspecified atom stereocenters. The number of aromatic amines is 1. The molecule has 2 N–H and O–H groups in total. The summed E-state index contributed by atoms with van der Waals surface area (Å²) in [6.45, 7) is 3.93. The number of anilines is 1. The third kappa shape index (κ3) is 3.35. The number of hydrogen-bond acceptors (Lipinski definition) is 3. The average molecular weight is 321 g/mol. The van der Waals surface area contributed by atoms with Crippen molar-refractivity contribution >= 4 is 22.5 Å². The van der Waals surface area contributed by atoms with Gasteiger partial charge in [-0.3, -0.25) is 9.59 Å². The van der Waals surface area contributed by atoms with Crippen molar-refractivity contribution in [1.29, 1.82) is 0 Å². The number of nitrogens with one attached hydrogen (secondary N) is 2. The van der Waals surface area contributed by atoms with Crippen molar-refractivity contribution in [3.05, 3.63) is 69.8 Å². The number of H-pyrrole nitrogens is 1. The second kappa shape index (κ2) is 6.66. The number of rotatable bonds is 4. The first-order valence-corrected chi connectivity index (χ1v) is 7.88. The monoisotopic (exact) mass is 321 g/mol. The number of fused-ring (bicyclic) bond motifs is 1. The first-order chi connectivity index (χ1) is 11.5. The summed E-state index contributed by atoms with van der Waals surface area (Å²) >= 11 is 0. The highest BCUT2D eigenvalue weighted by Gasteiger charge is 2.09. The Morgan fingerprint density at radius 3 is 2.54 bits per heavy atom. The topological polar surface area (TPSA) is 74.8 Å². The molecule has 0 atom stereocenters. The van der Waals surface area contributed by atoms with Crippen molar-refractivity contribution in [2.24, 2.45) is 0 Å². The summed E-state index contributed by atoms with van der Waals surface area (Å²) in [4.78, 5) is 31.4. The van der Waals surface area contributed by atoms with E-state index in [0.717, 1.165) is 16.8 Å². The van der Waals surface area contributed by atoms with Crippen LogP contribution >= 0.6 is 0 Å². The zero-order valence-corrected chi connectivity index (χ0v) is 13.7. The van der Waals surface area contributed by atoms with E-state index < -0.39 is 0 Å². The molecular formula is C19H19N3O2. The Labute approximate surface area is 139 Å². The molecule has 0 saturated carbocycles. The van der Waals surface area contributed by atoms with Crippen LogP contribution in [0.25, 0.3) is 10.9 Å². The molecule has 3 rings (SSSR count). The van der Waals surface area contributed by atoms with Crippen LogP contribution in [0, 0.1) is 13.8 Å². The summed E-state index contributed by atoms with van der Waals surface area (Å²) in [5.74, 6) is 0.429. The fourth-order valence-electron chi connectivity index (χ4n) is 2.70. The van der Waals surface area contributed by atoms with Gasteiger partial charge < -0.3 is 10.3 Å². The molecule has 24 heavy (non-hydrogen) atoms. The molecule has 3 aromatic rings. The van der Waals surface area contributed by atoms with Crippen LogP contribution in [0.5, 0.6) is 0 Å². The van der Waals surface area contributed by atoms with Gasteiger partial charge in [0.2, 0.25) is 5.91 Å². The van der Waals surface area contributed by atoms with Gasteiger partial charge in [-0.15, -0.1) is 0 Å². The molecule has 5 heteroatoms. The van der Waals surface area contributed by atoms with E-state index in [0.29, 0.717) is 23.1 Å². The Balaban J connectivity index is 1.72. The van der Waals surface area contributed by atoms with Gasteiger partial charge in [-0.2, -0.15) is 0 Å². The Morgan fingerprint density at radius 1 is 1.08 bits per heavy atom. The second-order valence-electron chi connectivity index (χ2n) is 5.84. The molecule has 0 aliphatic carbocycles. The second-order valence-corrected chi connectivity index (χ2v) is 5.84. The van der Waals surface area contributed by atoms with Crippen molar-refractivity contribution in [1.82, 2.24) is 9.97 Å². The molecule has 122 valence electrons. The fraction of sp³-hybridized carbons (Fsp3) is 0.211. The van der Waals surface area contributed by atoms with Crippen LogP contribution in [0.4, 0.5) is 5.69 Å². The van der Waals surface area contributed by atoms with E-state index in [4.69, 9.17) is 0 Å². The molecule has 5 nitrogen and oxygen atoms in total. The number of nitrogens with zero attached hydrogens (tertiary/aromatic N) is 1. The van der Waals surface area contributed by atoms with Crippen LogP contribution in [0.2, 0.25) is 0 Å². The van der Waals surface area contributed by atoms with Gasteiger partial charge in [0, 0.05) is 18.5 Å². The largest absolute Gasteiger partial charge is 0.326 e. The molecule has 0 saturated heterocycles. The predicted molar refractivity (Wildman–Crippen MR) is 95.2 cm³/mol. The van der Waals surface area contributed by atoms with Gasteiger partial charge in [0.05, 0.1) is 10.9 Å².